The van der Waals surface area contributed by atoms with Gasteiger partial charge in [0.25, 0.3) is 5.56 Å². The second-order valence-corrected chi connectivity index (χ2v) is 11.6. The number of carbonyl (C=O) groups is 1. The monoisotopic (exact) mass is 562 g/mol. The highest BCUT2D eigenvalue weighted by Gasteiger charge is 2.39. The number of nitrogens with one attached hydrogen (secondary N) is 1. The molecular weight excluding hydrogens is 529 g/mol. The minimum atomic E-state index is -4.77. The predicted molar refractivity (Wildman–Crippen MR) is 145 cm³/mol. The van der Waals surface area contributed by atoms with Crippen LogP contribution in [-0.2, 0) is 24.1 Å². The molecule has 2 aliphatic rings. The van der Waals surface area contributed by atoms with Gasteiger partial charge >= 0.3 is 6.18 Å². The number of alkyl halides is 3. The van der Waals surface area contributed by atoms with Crippen LogP contribution in [0.4, 0.5) is 18.3 Å². The van der Waals surface area contributed by atoms with Gasteiger partial charge in [-0.25, -0.2) is 9.97 Å². The van der Waals surface area contributed by atoms with Crippen molar-refractivity contribution >= 4 is 32.7 Å². The molecule has 1 aromatic carbocycles. The summed E-state index contributed by atoms with van der Waals surface area (Å²) in [6.07, 6.45) is -2.01. The van der Waals surface area contributed by atoms with Crippen molar-refractivity contribution in [3.8, 4) is 0 Å². The number of likely N-dealkylation sites (tertiary alicyclic amines) is 1. The Morgan fingerprint density at radius 2 is 1.82 bits per heavy atom. The van der Waals surface area contributed by atoms with E-state index in [9.17, 15) is 22.8 Å². The lowest BCUT2D eigenvalue weighted by Gasteiger charge is -2.35. The number of hydrogen-bond acceptors (Lipinski definition) is 7. The summed E-state index contributed by atoms with van der Waals surface area (Å²) in [7, 11) is 0. The molecule has 0 spiro atoms. The van der Waals surface area contributed by atoms with Crippen LogP contribution >= 0.6 is 11.3 Å². The third kappa shape index (κ3) is 5.96. The van der Waals surface area contributed by atoms with Crippen molar-refractivity contribution in [3.05, 3.63) is 52.1 Å². The van der Waals surface area contributed by atoms with Crippen LogP contribution < -0.4 is 15.8 Å². The summed E-state index contributed by atoms with van der Waals surface area (Å²) in [6, 6.07) is 9.40. The topological polar surface area (TPSA) is 83.4 Å². The van der Waals surface area contributed by atoms with E-state index in [1.165, 1.54) is 0 Å². The van der Waals surface area contributed by atoms with E-state index < -0.39 is 23.6 Å². The molecule has 1 amide bonds. The lowest BCUT2D eigenvalue weighted by atomic mass is 9.96. The molecule has 2 fully saturated rings. The van der Waals surface area contributed by atoms with E-state index in [0.29, 0.717) is 30.7 Å². The van der Waals surface area contributed by atoms with Gasteiger partial charge in [-0.2, -0.15) is 13.2 Å². The molecule has 0 saturated carbocycles. The first-order valence-electron chi connectivity index (χ1n) is 13.4. The van der Waals surface area contributed by atoms with E-state index in [-0.39, 0.29) is 28.7 Å². The first-order chi connectivity index (χ1) is 18.6. The van der Waals surface area contributed by atoms with E-state index in [2.05, 4.69) is 34.0 Å². The highest BCUT2D eigenvalue weighted by molar-refractivity contribution is 7.21. The normalized spacial score (nSPS) is 19.3. The summed E-state index contributed by atoms with van der Waals surface area (Å²) >= 11 is 0.937. The fraction of sp³-hybridized carbons (Fsp3) is 0.556. The van der Waals surface area contributed by atoms with Gasteiger partial charge < -0.3 is 15.1 Å². The number of hydrogen-bond donors (Lipinski definition) is 1. The van der Waals surface area contributed by atoms with Crippen LogP contribution in [0.3, 0.4) is 0 Å². The molecule has 0 radical (unpaired) electrons. The Labute approximate surface area is 228 Å². The fourth-order valence-corrected chi connectivity index (χ4v) is 6.49. The smallest absolute Gasteiger partial charge is 0.350 e. The summed E-state index contributed by atoms with van der Waals surface area (Å²) < 4.78 is 43.0. The molecular formula is C27H33F3N6O2S. The second-order valence-electron chi connectivity index (χ2n) is 10.6. The summed E-state index contributed by atoms with van der Waals surface area (Å²) in [5, 5.41) is 3.29. The number of piperidine rings is 1. The van der Waals surface area contributed by atoms with E-state index in [1.54, 1.807) is 4.90 Å². The molecule has 12 heteroatoms. The third-order valence-corrected chi connectivity index (χ3v) is 8.68. The van der Waals surface area contributed by atoms with Crippen molar-refractivity contribution in [1.82, 2.24) is 24.8 Å². The molecule has 1 N–H and O–H groups in total. The molecule has 3 aromatic rings. The summed E-state index contributed by atoms with van der Waals surface area (Å²) in [6.45, 7) is 6.64. The zero-order chi connectivity index (χ0) is 27.7. The maximum absolute atomic E-state index is 14.1. The zero-order valence-electron chi connectivity index (χ0n) is 22.1. The average molecular weight is 563 g/mol. The van der Waals surface area contributed by atoms with Crippen LogP contribution in [-0.4, -0.2) is 57.1 Å². The number of fused-ring (bicyclic) bond motifs is 1. The maximum Gasteiger partial charge on any atom is 0.449 e. The van der Waals surface area contributed by atoms with Crippen molar-refractivity contribution in [1.29, 1.82) is 0 Å². The zero-order valence-corrected chi connectivity index (χ0v) is 22.9. The first kappa shape index (κ1) is 27.6. The lowest BCUT2D eigenvalue weighted by Crippen LogP contribution is -2.43. The van der Waals surface area contributed by atoms with Crippen LogP contribution in [0.1, 0.15) is 50.9 Å². The Morgan fingerprint density at radius 1 is 1.10 bits per heavy atom. The fourth-order valence-electron chi connectivity index (χ4n) is 5.49. The molecule has 0 bridgehead atoms. The van der Waals surface area contributed by atoms with Gasteiger partial charge in [-0.3, -0.25) is 14.2 Å². The molecule has 210 valence electrons. The minimum absolute atomic E-state index is 0.0381. The molecule has 39 heavy (non-hydrogen) atoms. The average Bonchev–Trinajstić information content (AvgIpc) is 3.57. The Hall–Kier alpha value is -2.99. The standard InChI is InChI=1S/C27H33F3N6O2S/c1-17(2)34-13-10-19(11-14-34)16-36-24(38)21-23(33-25(36)27(28,29)30)39-26(32-21)35-12-6-9-20(35)22(37)31-15-18-7-4-3-5-8-18/h3-5,7-8,17,19-20H,6,9-16H2,1-2H3,(H,31,37)/t20-/m1/s1. The Kier molecular flexibility index (Phi) is 7.95. The molecule has 4 heterocycles. The predicted octanol–water partition coefficient (Wildman–Crippen LogP) is 4.28. The molecule has 2 saturated heterocycles. The van der Waals surface area contributed by atoms with Crippen molar-refractivity contribution in [2.45, 2.75) is 70.9 Å². The highest BCUT2D eigenvalue weighted by Crippen LogP contribution is 2.35. The second kappa shape index (κ2) is 11.2. The van der Waals surface area contributed by atoms with Crippen LogP contribution in [0.15, 0.2) is 35.1 Å². The summed E-state index contributed by atoms with van der Waals surface area (Å²) in [5.41, 5.74) is 0.123. The van der Waals surface area contributed by atoms with Gasteiger partial charge in [0.2, 0.25) is 11.7 Å². The number of nitrogens with zero attached hydrogens (tertiary/aromatic N) is 5. The van der Waals surface area contributed by atoms with Crippen molar-refractivity contribution in [3.63, 3.8) is 0 Å². The van der Waals surface area contributed by atoms with Crippen molar-refractivity contribution in [2.75, 3.05) is 24.5 Å². The lowest BCUT2D eigenvalue weighted by molar-refractivity contribution is -0.148. The first-order valence-corrected chi connectivity index (χ1v) is 14.2. The van der Waals surface area contributed by atoms with Gasteiger partial charge in [-0.1, -0.05) is 41.7 Å². The maximum atomic E-state index is 14.1. The largest absolute Gasteiger partial charge is 0.449 e. The molecule has 0 unspecified atom stereocenters. The number of benzene rings is 1. The van der Waals surface area contributed by atoms with Crippen LogP contribution in [0.2, 0.25) is 0 Å². The number of anilines is 1. The van der Waals surface area contributed by atoms with Crippen molar-refractivity contribution in [2.24, 2.45) is 5.92 Å². The Bertz CT molecular complexity index is 1370. The van der Waals surface area contributed by atoms with Crippen molar-refractivity contribution < 1.29 is 18.0 Å². The third-order valence-electron chi connectivity index (χ3n) is 7.69. The van der Waals surface area contributed by atoms with E-state index in [1.807, 2.05) is 30.3 Å². The number of amides is 1. The molecule has 5 rings (SSSR count). The number of halogens is 3. The van der Waals surface area contributed by atoms with Gasteiger partial charge in [0.05, 0.1) is 0 Å². The van der Waals surface area contributed by atoms with Crippen LogP contribution in [0.5, 0.6) is 0 Å². The van der Waals surface area contributed by atoms with Crippen LogP contribution in [0, 0.1) is 5.92 Å². The van der Waals surface area contributed by atoms with E-state index in [0.717, 1.165) is 53.8 Å². The molecule has 0 aliphatic carbocycles. The van der Waals surface area contributed by atoms with Gasteiger partial charge in [0.1, 0.15) is 6.04 Å². The highest BCUT2D eigenvalue weighted by atomic mass is 32.1. The van der Waals surface area contributed by atoms with Crippen LogP contribution in [0.25, 0.3) is 10.3 Å². The number of aromatic nitrogens is 3. The minimum Gasteiger partial charge on any atom is -0.350 e. The number of carbonyl (C=O) groups excluding carboxylic acids is 1. The van der Waals surface area contributed by atoms with E-state index >= 15 is 0 Å². The Balaban J connectivity index is 1.39. The molecule has 2 aromatic heterocycles. The van der Waals surface area contributed by atoms with E-state index in [4.69, 9.17) is 0 Å². The summed E-state index contributed by atoms with van der Waals surface area (Å²) in [4.78, 5) is 38.8. The van der Waals surface area contributed by atoms with Gasteiger partial charge in [-0.05, 0) is 64.1 Å². The summed E-state index contributed by atoms with van der Waals surface area (Å²) in [5.74, 6) is -1.41. The number of thiazole rings is 1. The Morgan fingerprint density at radius 3 is 2.49 bits per heavy atom. The van der Waals surface area contributed by atoms with Gasteiger partial charge in [0, 0.05) is 25.7 Å². The molecule has 2 aliphatic heterocycles. The number of rotatable bonds is 7. The quantitative estimate of drug-likeness (QED) is 0.463. The molecule has 8 nitrogen and oxygen atoms in total. The van der Waals surface area contributed by atoms with Gasteiger partial charge in [-0.15, -0.1) is 0 Å². The van der Waals surface area contributed by atoms with Gasteiger partial charge in [0.15, 0.2) is 15.5 Å². The molecule has 1 atom stereocenters. The SMILES string of the molecule is CC(C)N1CCC(Cn2c(C(F)(F)F)nc3sc(N4CCC[C@@H]4C(=O)NCc4ccccc4)nc3c2=O)CC1.